The summed E-state index contributed by atoms with van der Waals surface area (Å²) in [4.78, 5) is 11.3. The third-order valence-electron chi connectivity index (χ3n) is 4.28. The van der Waals surface area contributed by atoms with E-state index < -0.39 is 12.3 Å². The van der Waals surface area contributed by atoms with Crippen molar-refractivity contribution in [3.63, 3.8) is 0 Å². The van der Waals surface area contributed by atoms with Crippen LogP contribution in [0.3, 0.4) is 0 Å². The first kappa shape index (κ1) is 23.3. The first-order chi connectivity index (χ1) is 13.8. The van der Waals surface area contributed by atoms with Crippen LogP contribution in [0.4, 0.5) is 13.2 Å². The number of halogens is 4. The standard InChI is InChI=1S/C22H19F3N2O2.ClH/c23-22(24,25)29-20-7-2-1-4-19(20)14-27-13-15-8-10-16(11-9-15)17-5-3-6-18(12-17)21(26)28;/h1-12,27H,13-14H2,(H2,26,28);1H. The van der Waals surface area contributed by atoms with E-state index in [-0.39, 0.29) is 24.7 Å². The maximum absolute atomic E-state index is 12.5. The number of carbonyl (C=O) groups is 1. The van der Waals surface area contributed by atoms with Gasteiger partial charge in [0.15, 0.2) is 0 Å². The van der Waals surface area contributed by atoms with E-state index in [1.807, 2.05) is 30.3 Å². The highest BCUT2D eigenvalue weighted by Crippen LogP contribution is 2.26. The molecule has 0 aromatic heterocycles. The number of hydrogen-bond donors (Lipinski definition) is 2. The van der Waals surface area contributed by atoms with Gasteiger partial charge in [-0.25, -0.2) is 0 Å². The number of ether oxygens (including phenoxy) is 1. The van der Waals surface area contributed by atoms with Crippen LogP contribution in [0.15, 0.2) is 72.8 Å². The first-order valence-electron chi connectivity index (χ1n) is 8.85. The molecule has 1 amide bonds. The maximum atomic E-state index is 12.5. The molecule has 0 aliphatic heterocycles. The monoisotopic (exact) mass is 436 g/mol. The van der Waals surface area contributed by atoms with Gasteiger partial charge in [0, 0.05) is 24.2 Å². The summed E-state index contributed by atoms with van der Waals surface area (Å²) in [6, 6.07) is 20.7. The summed E-state index contributed by atoms with van der Waals surface area (Å²) in [5.41, 5.74) is 8.94. The molecule has 0 atom stereocenters. The van der Waals surface area contributed by atoms with Crippen LogP contribution in [0, 0.1) is 0 Å². The Morgan fingerprint density at radius 1 is 0.900 bits per heavy atom. The SMILES string of the molecule is Cl.NC(=O)c1cccc(-c2ccc(CNCc3ccccc3OC(F)(F)F)cc2)c1. The van der Waals surface area contributed by atoms with Crippen LogP contribution in [-0.4, -0.2) is 12.3 Å². The second kappa shape index (κ2) is 10.1. The van der Waals surface area contributed by atoms with E-state index in [0.717, 1.165) is 16.7 Å². The molecule has 3 aromatic rings. The molecule has 0 spiro atoms. The largest absolute Gasteiger partial charge is 0.573 e. The minimum atomic E-state index is -4.72. The Bertz CT molecular complexity index is 992. The molecule has 158 valence electrons. The van der Waals surface area contributed by atoms with Crippen molar-refractivity contribution in [2.75, 3.05) is 0 Å². The van der Waals surface area contributed by atoms with Crippen LogP contribution in [0.25, 0.3) is 11.1 Å². The summed E-state index contributed by atoms with van der Waals surface area (Å²) in [7, 11) is 0. The highest BCUT2D eigenvalue weighted by atomic mass is 35.5. The zero-order chi connectivity index (χ0) is 20.9. The minimum Gasteiger partial charge on any atom is -0.405 e. The predicted octanol–water partition coefficient (Wildman–Crippen LogP) is 5.06. The average Bonchev–Trinajstić information content (AvgIpc) is 2.69. The molecule has 0 saturated heterocycles. The Kier molecular flexibility index (Phi) is 7.86. The van der Waals surface area contributed by atoms with Crippen molar-refractivity contribution in [1.82, 2.24) is 5.32 Å². The lowest BCUT2D eigenvalue weighted by atomic mass is 10.0. The highest BCUT2D eigenvalue weighted by Gasteiger charge is 2.31. The number of para-hydroxylation sites is 1. The van der Waals surface area contributed by atoms with Gasteiger partial charge in [0.25, 0.3) is 0 Å². The number of alkyl halides is 3. The lowest BCUT2D eigenvalue weighted by Gasteiger charge is -2.13. The zero-order valence-electron chi connectivity index (χ0n) is 15.8. The lowest BCUT2D eigenvalue weighted by molar-refractivity contribution is -0.274. The smallest absolute Gasteiger partial charge is 0.405 e. The van der Waals surface area contributed by atoms with Gasteiger partial charge >= 0.3 is 6.36 Å². The van der Waals surface area contributed by atoms with Crippen LogP contribution in [0.5, 0.6) is 5.75 Å². The van der Waals surface area contributed by atoms with Crippen LogP contribution >= 0.6 is 12.4 Å². The van der Waals surface area contributed by atoms with E-state index in [2.05, 4.69) is 10.1 Å². The lowest BCUT2D eigenvalue weighted by Crippen LogP contribution is -2.20. The van der Waals surface area contributed by atoms with Gasteiger partial charge in [-0.3, -0.25) is 4.79 Å². The van der Waals surface area contributed by atoms with Crippen LogP contribution in [0.2, 0.25) is 0 Å². The maximum Gasteiger partial charge on any atom is 0.573 e. The van der Waals surface area contributed by atoms with Crippen molar-refractivity contribution in [3.05, 3.63) is 89.5 Å². The zero-order valence-corrected chi connectivity index (χ0v) is 16.6. The second-order valence-corrected chi connectivity index (χ2v) is 6.40. The number of amides is 1. The molecule has 30 heavy (non-hydrogen) atoms. The number of hydrogen-bond acceptors (Lipinski definition) is 3. The molecule has 0 saturated carbocycles. The van der Waals surface area contributed by atoms with Crippen molar-refractivity contribution in [1.29, 1.82) is 0 Å². The van der Waals surface area contributed by atoms with Gasteiger partial charge in [-0.2, -0.15) is 0 Å². The summed E-state index contributed by atoms with van der Waals surface area (Å²) in [6.07, 6.45) is -4.72. The quantitative estimate of drug-likeness (QED) is 0.544. The van der Waals surface area contributed by atoms with Gasteiger partial charge in [-0.1, -0.05) is 54.6 Å². The summed E-state index contributed by atoms with van der Waals surface area (Å²) < 4.78 is 41.5. The average molecular weight is 437 g/mol. The van der Waals surface area contributed by atoms with Crippen molar-refractivity contribution in [2.24, 2.45) is 5.73 Å². The van der Waals surface area contributed by atoms with E-state index >= 15 is 0 Å². The van der Waals surface area contributed by atoms with Crippen molar-refractivity contribution in [3.8, 4) is 16.9 Å². The molecular weight excluding hydrogens is 417 g/mol. The van der Waals surface area contributed by atoms with E-state index in [4.69, 9.17) is 5.73 Å². The number of rotatable bonds is 7. The van der Waals surface area contributed by atoms with Crippen LogP contribution in [0.1, 0.15) is 21.5 Å². The number of carbonyl (C=O) groups excluding carboxylic acids is 1. The predicted molar refractivity (Wildman–Crippen MR) is 111 cm³/mol. The Hall–Kier alpha value is -3.03. The van der Waals surface area contributed by atoms with Gasteiger partial charge in [0.2, 0.25) is 5.91 Å². The van der Waals surface area contributed by atoms with Crippen molar-refractivity contribution >= 4 is 18.3 Å². The third kappa shape index (κ3) is 6.50. The Balaban J connectivity index is 0.00000320. The van der Waals surface area contributed by atoms with Gasteiger partial charge in [0.05, 0.1) is 0 Å². The summed E-state index contributed by atoms with van der Waals surface area (Å²) in [6.45, 7) is 0.705. The fraction of sp³-hybridized carbons (Fsp3) is 0.136. The number of primary amides is 1. The first-order valence-corrected chi connectivity index (χ1v) is 8.85. The molecular formula is C22H20ClF3N2O2. The molecule has 4 nitrogen and oxygen atoms in total. The molecule has 3 aromatic carbocycles. The Morgan fingerprint density at radius 3 is 2.27 bits per heavy atom. The van der Waals surface area contributed by atoms with E-state index in [0.29, 0.717) is 17.7 Å². The fourth-order valence-electron chi connectivity index (χ4n) is 2.88. The minimum absolute atomic E-state index is 0. The summed E-state index contributed by atoms with van der Waals surface area (Å²) in [5.74, 6) is -0.695. The fourth-order valence-corrected chi connectivity index (χ4v) is 2.88. The van der Waals surface area contributed by atoms with Gasteiger partial charge in [0.1, 0.15) is 5.75 Å². The molecule has 0 aliphatic rings. The molecule has 0 heterocycles. The molecule has 0 bridgehead atoms. The molecule has 8 heteroatoms. The molecule has 3 rings (SSSR count). The molecule has 0 radical (unpaired) electrons. The molecule has 0 aliphatic carbocycles. The Morgan fingerprint density at radius 2 is 1.60 bits per heavy atom. The van der Waals surface area contributed by atoms with E-state index in [9.17, 15) is 18.0 Å². The Labute approximate surface area is 178 Å². The molecule has 3 N–H and O–H groups in total. The van der Waals surface area contributed by atoms with Crippen LogP contribution < -0.4 is 15.8 Å². The van der Waals surface area contributed by atoms with E-state index in [1.54, 1.807) is 30.3 Å². The number of benzene rings is 3. The number of nitrogens with one attached hydrogen (secondary N) is 1. The highest BCUT2D eigenvalue weighted by molar-refractivity contribution is 5.94. The molecule has 0 unspecified atom stereocenters. The summed E-state index contributed by atoms with van der Waals surface area (Å²) >= 11 is 0. The van der Waals surface area contributed by atoms with E-state index in [1.165, 1.54) is 12.1 Å². The van der Waals surface area contributed by atoms with Crippen molar-refractivity contribution in [2.45, 2.75) is 19.5 Å². The summed E-state index contributed by atoms with van der Waals surface area (Å²) in [5, 5.41) is 3.12. The van der Waals surface area contributed by atoms with Gasteiger partial charge in [-0.05, 0) is 34.9 Å². The van der Waals surface area contributed by atoms with Crippen molar-refractivity contribution < 1.29 is 22.7 Å². The van der Waals surface area contributed by atoms with Gasteiger partial charge < -0.3 is 15.8 Å². The number of nitrogens with two attached hydrogens (primary N) is 1. The second-order valence-electron chi connectivity index (χ2n) is 6.40. The topological polar surface area (TPSA) is 64.4 Å². The molecule has 0 fully saturated rings. The third-order valence-corrected chi connectivity index (χ3v) is 4.28. The van der Waals surface area contributed by atoms with Crippen LogP contribution in [-0.2, 0) is 13.1 Å². The normalized spacial score (nSPS) is 10.9. The van der Waals surface area contributed by atoms with Gasteiger partial charge in [-0.15, -0.1) is 25.6 Å².